The third-order valence-electron chi connectivity index (χ3n) is 3.91. The summed E-state index contributed by atoms with van der Waals surface area (Å²) >= 11 is 0. The van der Waals surface area contributed by atoms with Crippen LogP contribution in [0, 0.1) is 0 Å². The number of aryl methyl sites for hydroxylation is 1. The van der Waals surface area contributed by atoms with Crippen molar-refractivity contribution in [1.29, 1.82) is 0 Å². The quantitative estimate of drug-likeness (QED) is 0.871. The topological polar surface area (TPSA) is 88.7 Å². The van der Waals surface area contributed by atoms with Crippen molar-refractivity contribution in [1.82, 2.24) is 14.1 Å². The number of likely N-dealkylation sites (tertiary alicyclic amines) is 1. The second-order valence-electron chi connectivity index (χ2n) is 6.98. The fourth-order valence-corrected chi connectivity index (χ4v) is 2.77. The average molecular weight is 326 g/mol. The Morgan fingerprint density at radius 2 is 2.17 bits per heavy atom. The standard InChI is InChI=1S/C15H26N4O4/c1-15(2,3)23-13(21)16-19-12(20)10-18(14(19)22)9-7-11-6-5-8-17(11)4/h10-11,20H,5-9H2,1-4H3,(H,16,21). The van der Waals surface area contributed by atoms with Crippen LogP contribution >= 0.6 is 0 Å². The highest BCUT2D eigenvalue weighted by Gasteiger charge is 2.22. The number of carbonyl (C=O) groups excluding carboxylic acids is 1. The lowest BCUT2D eigenvalue weighted by Crippen LogP contribution is -2.37. The number of rotatable bonds is 4. The van der Waals surface area contributed by atoms with Gasteiger partial charge >= 0.3 is 11.8 Å². The van der Waals surface area contributed by atoms with Crippen molar-refractivity contribution < 1.29 is 14.6 Å². The Hall–Kier alpha value is -1.96. The highest BCUT2D eigenvalue weighted by atomic mass is 16.6. The molecule has 1 aliphatic rings. The Labute approximate surface area is 135 Å². The first-order valence-electron chi connectivity index (χ1n) is 7.89. The van der Waals surface area contributed by atoms with Crippen LogP contribution in [0.15, 0.2) is 11.0 Å². The summed E-state index contributed by atoms with van der Waals surface area (Å²) in [6, 6.07) is 0.450. The van der Waals surface area contributed by atoms with Crippen LogP contribution in [-0.2, 0) is 11.3 Å². The summed E-state index contributed by atoms with van der Waals surface area (Å²) < 4.78 is 7.28. The SMILES string of the molecule is CN1CCCC1CCn1cc(O)n(NC(=O)OC(C)(C)C)c1=O. The Balaban J connectivity index is 2.01. The van der Waals surface area contributed by atoms with Gasteiger partial charge in [-0.3, -0.25) is 4.57 Å². The molecule has 0 radical (unpaired) electrons. The molecule has 8 heteroatoms. The molecule has 1 aromatic rings. The van der Waals surface area contributed by atoms with Gasteiger partial charge in [0.25, 0.3) is 0 Å². The second-order valence-corrected chi connectivity index (χ2v) is 6.98. The molecule has 1 amide bonds. The zero-order valence-corrected chi connectivity index (χ0v) is 14.2. The number of hydrogen-bond donors (Lipinski definition) is 2. The Morgan fingerprint density at radius 1 is 1.48 bits per heavy atom. The van der Waals surface area contributed by atoms with Gasteiger partial charge in [-0.15, -0.1) is 0 Å². The molecule has 1 unspecified atom stereocenters. The molecule has 1 saturated heterocycles. The second kappa shape index (κ2) is 6.66. The molecule has 8 nitrogen and oxygen atoms in total. The lowest BCUT2D eigenvalue weighted by atomic mass is 10.1. The molecule has 0 aromatic carbocycles. The van der Waals surface area contributed by atoms with Crippen molar-refractivity contribution in [3.05, 3.63) is 16.7 Å². The maximum Gasteiger partial charge on any atom is 0.427 e. The van der Waals surface area contributed by atoms with Crippen molar-refractivity contribution >= 4 is 6.09 Å². The molecule has 2 heterocycles. The van der Waals surface area contributed by atoms with Gasteiger partial charge in [0.15, 0.2) is 0 Å². The van der Waals surface area contributed by atoms with E-state index >= 15 is 0 Å². The third kappa shape index (κ3) is 4.51. The van der Waals surface area contributed by atoms with Gasteiger partial charge in [0, 0.05) is 12.6 Å². The molecule has 0 saturated carbocycles. The number of carbonyl (C=O) groups is 1. The van der Waals surface area contributed by atoms with E-state index in [2.05, 4.69) is 17.4 Å². The van der Waals surface area contributed by atoms with Crippen molar-refractivity contribution in [3.63, 3.8) is 0 Å². The molecular weight excluding hydrogens is 300 g/mol. The van der Waals surface area contributed by atoms with Gasteiger partial charge in [-0.1, -0.05) is 0 Å². The molecule has 0 spiro atoms. The lowest BCUT2D eigenvalue weighted by Gasteiger charge is -2.19. The first kappa shape index (κ1) is 17.4. The van der Waals surface area contributed by atoms with Gasteiger partial charge in [-0.25, -0.2) is 15.0 Å². The summed E-state index contributed by atoms with van der Waals surface area (Å²) in [6.45, 7) is 6.73. The summed E-state index contributed by atoms with van der Waals surface area (Å²) in [5.41, 5.74) is 1.08. The van der Waals surface area contributed by atoms with E-state index in [4.69, 9.17) is 4.74 Å². The number of ether oxygens (including phenoxy) is 1. The van der Waals surface area contributed by atoms with Crippen LogP contribution in [0.25, 0.3) is 0 Å². The summed E-state index contributed by atoms with van der Waals surface area (Å²) in [4.78, 5) is 26.3. The summed E-state index contributed by atoms with van der Waals surface area (Å²) in [5, 5.41) is 9.86. The highest BCUT2D eigenvalue weighted by Crippen LogP contribution is 2.18. The normalized spacial score (nSPS) is 19.0. The number of nitrogens with zero attached hydrogens (tertiary/aromatic N) is 3. The summed E-state index contributed by atoms with van der Waals surface area (Å²) in [5.74, 6) is -0.319. The van der Waals surface area contributed by atoms with Crippen LogP contribution in [0.3, 0.4) is 0 Å². The monoisotopic (exact) mass is 326 g/mol. The molecule has 0 aliphatic carbocycles. The van der Waals surface area contributed by atoms with E-state index in [1.807, 2.05) is 0 Å². The molecule has 2 rings (SSSR count). The van der Waals surface area contributed by atoms with Crippen molar-refractivity contribution in [2.45, 2.75) is 58.2 Å². The van der Waals surface area contributed by atoms with Crippen LogP contribution in [-0.4, -0.2) is 50.6 Å². The molecule has 130 valence electrons. The Kier molecular flexibility index (Phi) is 5.03. The van der Waals surface area contributed by atoms with E-state index in [0.29, 0.717) is 12.6 Å². The molecule has 23 heavy (non-hydrogen) atoms. The molecule has 1 aromatic heterocycles. The zero-order chi connectivity index (χ0) is 17.2. The van der Waals surface area contributed by atoms with E-state index < -0.39 is 17.4 Å². The first-order chi connectivity index (χ1) is 10.7. The van der Waals surface area contributed by atoms with E-state index in [1.54, 1.807) is 20.8 Å². The van der Waals surface area contributed by atoms with Crippen LogP contribution in [0.4, 0.5) is 4.79 Å². The maximum absolute atomic E-state index is 12.3. The molecular formula is C15H26N4O4. The molecule has 1 fully saturated rings. The minimum absolute atomic E-state index is 0.319. The number of nitrogens with one attached hydrogen (secondary N) is 1. The van der Waals surface area contributed by atoms with Gasteiger partial charge in [-0.2, -0.15) is 4.68 Å². The van der Waals surface area contributed by atoms with Gasteiger partial charge in [0.2, 0.25) is 5.88 Å². The number of amides is 1. The predicted molar refractivity (Wildman–Crippen MR) is 86.2 cm³/mol. The van der Waals surface area contributed by atoms with E-state index in [-0.39, 0.29) is 5.88 Å². The minimum Gasteiger partial charge on any atom is -0.492 e. The van der Waals surface area contributed by atoms with Gasteiger partial charge in [0.05, 0.1) is 6.20 Å². The van der Waals surface area contributed by atoms with Gasteiger partial charge in [0.1, 0.15) is 5.60 Å². The Morgan fingerprint density at radius 3 is 2.74 bits per heavy atom. The number of aromatic hydroxyl groups is 1. The first-order valence-corrected chi connectivity index (χ1v) is 7.89. The van der Waals surface area contributed by atoms with E-state index in [1.165, 1.54) is 17.2 Å². The van der Waals surface area contributed by atoms with E-state index in [0.717, 1.165) is 24.1 Å². The van der Waals surface area contributed by atoms with Crippen LogP contribution < -0.4 is 11.1 Å². The predicted octanol–water partition coefficient (Wildman–Crippen LogP) is 1.32. The molecule has 1 atom stereocenters. The van der Waals surface area contributed by atoms with Crippen molar-refractivity contribution in [3.8, 4) is 5.88 Å². The fraction of sp³-hybridized carbons (Fsp3) is 0.733. The molecule has 2 N–H and O–H groups in total. The van der Waals surface area contributed by atoms with Gasteiger partial charge < -0.3 is 14.7 Å². The lowest BCUT2D eigenvalue weighted by molar-refractivity contribution is 0.0609. The largest absolute Gasteiger partial charge is 0.492 e. The molecule has 1 aliphatic heterocycles. The fourth-order valence-electron chi connectivity index (χ4n) is 2.77. The van der Waals surface area contributed by atoms with Crippen molar-refractivity contribution in [2.24, 2.45) is 0 Å². The van der Waals surface area contributed by atoms with E-state index in [9.17, 15) is 14.7 Å². The smallest absolute Gasteiger partial charge is 0.427 e. The average Bonchev–Trinajstić information content (AvgIpc) is 2.93. The van der Waals surface area contributed by atoms with Crippen LogP contribution in [0.2, 0.25) is 0 Å². The van der Waals surface area contributed by atoms with Crippen LogP contribution in [0.5, 0.6) is 5.88 Å². The maximum atomic E-state index is 12.3. The minimum atomic E-state index is -0.789. The molecule has 0 bridgehead atoms. The summed E-state index contributed by atoms with van der Waals surface area (Å²) in [7, 11) is 2.08. The summed E-state index contributed by atoms with van der Waals surface area (Å²) in [6.07, 6.45) is 3.65. The zero-order valence-electron chi connectivity index (χ0n) is 14.2. The van der Waals surface area contributed by atoms with Crippen LogP contribution in [0.1, 0.15) is 40.0 Å². The number of hydrogen-bond acceptors (Lipinski definition) is 5. The number of imidazole rings is 1. The van der Waals surface area contributed by atoms with Gasteiger partial charge in [-0.05, 0) is 53.6 Å². The number of aromatic nitrogens is 2. The third-order valence-corrected chi connectivity index (χ3v) is 3.91. The van der Waals surface area contributed by atoms with Crippen molar-refractivity contribution in [2.75, 3.05) is 19.0 Å². The Bertz CT molecular complexity index is 614. The highest BCUT2D eigenvalue weighted by molar-refractivity contribution is 5.76.